The van der Waals surface area contributed by atoms with Gasteiger partial charge >= 0.3 is 0 Å². The summed E-state index contributed by atoms with van der Waals surface area (Å²) in [6, 6.07) is 8.20. The Morgan fingerprint density at radius 3 is 2.31 bits per heavy atom. The lowest BCUT2D eigenvalue weighted by molar-refractivity contribution is 0.296. The largest absolute Gasteiger partial charge is 0.496 e. The molecule has 0 bridgehead atoms. The number of hydrogen-bond donors (Lipinski definition) is 0. The molecule has 0 radical (unpaired) electrons. The van der Waals surface area contributed by atoms with Gasteiger partial charge in [-0.05, 0) is 36.3 Å². The first kappa shape index (κ1) is 13.4. The van der Waals surface area contributed by atoms with E-state index in [1.165, 1.54) is 5.56 Å². The van der Waals surface area contributed by atoms with Crippen LogP contribution < -0.4 is 4.74 Å². The van der Waals surface area contributed by atoms with Crippen LogP contribution in [0.15, 0.2) is 24.3 Å². The number of methoxy groups -OCH3 is 1. The fraction of sp³-hybridized carbons (Fsp3) is 0.571. The molecule has 1 nitrogen and oxygen atoms in total. The van der Waals surface area contributed by atoms with E-state index in [9.17, 15) is 0 Å². The number of para-hydroxylation sites is 1. The molecule has 0 atom stereocenters. The van der Waals surface area contributed by atoms with Crippen molar-refractivity contribution < 1.29 is 4.74 Å². The van der Waals surface area contributed by atoms with Crippen molar-refractivity contribution in [3.63, 3.8) is 0 Å². The second kappa shape index (κ2) is 6.15. The molecule has 0 aliphatic heterocycles. The number of rotatable bonds is 6. The lowest BCUT2D eigenvalue weighted by atomic mass is 9.78. The van der Waals surface area contributed by atoms with E-state index in [-0.39, 0.29) is 5.41 Å². The first-order chi connectivity index (χ1) is 7.71. The summed E-state index contributed by atoms with van der Waals surface area (Å²) in [5.74, 6) is 1.68. The highest BCUT2D eigenvalue weighted by atomic mass is 35.5. The van der Waals surface area contributed by atoms with Crippen LogP contribution in [0.3, 0.4) is 0 Å². The number of ether oxygens (including phenoxy) is 1. The molecular formula is C14H21ClO. The lowest BCUT2D eigenvalue weighted by Gasteiger charge is -2.30. The van der Waals surface area contributed by atoms with Crippen LogP contribution >= 0.6 is 11.6 Å². The Balaban J connectivity index is 2.93. The maximum absolute atomic E-state index is 6.13. The predicted molar refractivity (Wildman–Crippen MR) is 70.4 cm³/mol. The first-order valence-corrected chi connectivity index (χ1v) is 6.42. The second-order valence-corrected chi connectivity index (χ2v) is 4.60. The standard InChI is InChI=1S/C14H21ClO/c1-4-14(5-2,11-15)10-12-8-6-7-9-13(12)16-3/h6-9H,4-5,10-11H2,1-3H3. The smallest absolute Gasteiger partial charge is 0.122 e. The third-order valence-corrected chi connectivity index (χ3v) is 4.11. The minimum atomic E-state index is 0.205. The summed E-state index contributed by atoms with van der Waals surface area (Å²) in [6.07, 6.45) is 3.20. The van der Waals surface area contributed by atoms with Gasteiger partial charge < -0.3 is 4.74 Å². The molecule has 0 saturated carbocycles. The molecular weight excluding hydrogens is 220 g/mol. The maximum Gasteiger partial charge on any atom is 0.122 e. The lowest BCUT2D eigenvalue weighted by Crippen LogP contribution is -2.24. The van der Waals surface area contributed by atoms with Crippen LogP contribution in [0, 0.1) is 5.41 Å². The second-order valence-electron chi connectivity index (χ2n) is 4.33. The molecule has 0 fully saturated rings. The number of benzene rings is 1. The number of alkyl halides is 1. The van der Waals surface area contributed by atoms with E-state index in [1.54, 1.807) is 7.11 Å². The number of hydrogen-bond acceptors (Lipinski definition) is 1. The molecule has 16 heavy (non-hydrogen) atoms. The van der Waals surface area contributed by atoms with Gasteiger partial charge in [-0.1, -0.05) is 32.0 Å². The molecule has 0 heterocycles. The molecule has 0 aromatic heterocycles. The van der Waals surface area contributed by atoms with Gasteiger partial charge in [-0.3, -0.25) is 0 Å². The number of halogens is 1. The van der Waals surface area contributed by atoms with Crippen molar-refractivity contribution >= 4 is 11.6 Å². The minimum absolute atomic E-state index is 0.205. The van der Waals surface area contributed by atoms with Crippen LogP contribution in [-0.4, -0.2) is 13.0 Å². The van der Waals surface area contributed by atoms with E-state index in [0.717, 1.165) is 25.0 Å². The molecule has 0 saturated heterocycles. The molecule has 1 aromatic rings. The normalized spacial score (nSPS) is 11.5. The van der Waals surface area contributed by atoms with Gasteiger partial charge in [-0.15, -0.1) is 11.6 Å². The average molecular weight is 241 g/mol. The van der Waals surface area contributed by atoms with Crippen molar-refractivity contribution in [2.45, 2.75) is 33.1 Å². The third-order valence-electron chi connectivity index (χ3n) is 3.54. The molecule has 0 aliphatic rings. The Morgan fingerprint density at radius 1 is 1.19 bits per heavy atom. The summed E-state index contributed by atoms with van der Waals surface area (Å²) >= 11 is 6.13. The Hall–Kier alpha value is -0.690. The fourth-order valence-corrected chi connectivity index (χ4v) is 2.46. The Labute approximate surface area is 104 Å². The predicted octanol–water partition coefficient (Wildman–Crippen LogP) is 4.28. The van der Waals surface area contributed by atoms with Gasteiger partial charge in [-0.2, -0.15) is 0 Å². The quantitative estimate of drug-likeness (QED) is 0.675. The van der Waals surface area contributed by atoms with Crippen molar-refractivity contribution in [1.29, 1.82) is 0 Å². The van der Waals surface area contributed by atoms with Crippen molar-refractivity contribution in [3.05, 3.63) is 29.8 Å². The molecule has 0 amide bonds. The van der Waals surface area contributed by atoms with Crippen molar-refractivity contribution in [1.82, 2.24) is 0 Å². The topological polar surface area (TPSA) is 9.23 Å². The Bertz CT molecular complexity index is 310. The SMILES string of the molecule is CCC(CC)(CCl)Cc1ccccc1OC. The van der Waals surface area contributed by atoms with Crippen molar-refractivity contribution in [2.24, 2.45) is 5.41 Å². The fourth-order valence-electron chi connectivity index (χ4n) is 1.99. The summed E-state index contributed by atoms with van der Waals surface area (Å²) in [6.45, 7) is 4.42. The summed E-state index contributed by atoms with van der Waals surface area (Å²) in [4.78, 5) is 0. The van der Waals surface area contributed by atoms with Crippen LogP contribution in [-0.2, 0) is 6.42 Å². The van der Waals surface area contributed by atoms with E-state index >= 15 is 0 Å². The zero-order valence-corrected chi connectivity index (χ0v) is 11.2. The van der Waals surface area contributed by atoms with Gasteiger partial charge in [-0.25, -0.2) is 0 Å². The summed E-state index contributed by atoms with van der Waals surface area (Å²) < 4.78 is 5.38. The molecule has 0 N–H and O–H groups in total. The molecule has 1 aromatic carbocycles. The molecule has 2 heteroatoms. The van der Waals surface area contributed by atoms with Crippen LogP contribution in [0.25, 0.3) is 0 Å². The van der Waals surface area contributed by atoms with E-state index in [0.29, 0.717) is 5.88 Å². The van der Waals surface area contributed by atoms with Gasteiger partial charge in [0, 0.05) is 5.88 Å². The highest BCUT2D eigenvalue weighted by Crippen LogP contribution is 2.35. The highest BCUT2D eigenvalue weighted by molar-refractivity contribution is 6.18. The van der Waals surface area contributed by atoms with E-state index < -0.39 is 0 Å². The summed E-state index contributed by atoms with van der Waals surface area (Å²) in [7, 11) is 1.72. The molecule has 0 spiro atoms. The molecule has 90 valence electrons. The van der Waals surface area contributed by atoms with Gasteiger partial charge in [0.2, 0.25) is 0 Å². The van der Waals surface area contributed by atoms with Crippen LogP contribution in [0.2, 0.25) is 0 Å². The maximum atomic E-state index is 6.13. The minimum Gasteiger partial charge on any atom is -0.496 e. The van der Waals surface area contributed by atoms with Gasteiger partial charge in [0.25, 0.3) is 0 Å². The van der Waals surface area contributed by atoms with Crippen LogP contribution in [0.4, 0.5) is 0 Å². The van der Waals surface area contributed by atoms with Crippen LogP contribution in [0.1, 0.15) is 32.3 Å². The van der Waals surface area contributed by atoms with Gasteiger partial charge in [0.15, 0.2) is 0 Å². The Morgan fingerprint density at radius 2 is 1.81 bits per heavy atom. The zero-order chi connectivity index (χ0) is 12.0. The Kier molecular flexibility index (Phi) is 5.14. The van der Waals surface area contributed by atoms with Gasteiger partial charge in [0.05, 0.1) is 7.11 Å². The average Bonchev–Trinajstić information content (AvgIpc) is 2.36. The van der Waals surface area contributed by atoms with Crippen molar-refractivity contribution in [3.8, 4) is 5.75 Å². The highest BCUT2D eigenvalue weighted by Gasteiger charge is 2.26. The monoisotopic (exact) mass is 240 g/mol. The summed E-state index contributed by atoms with van der Waals surface area (Å²) in [5, 5.41) is 0. The van der Waals surface area contributed by atoms with Crippen molar-refractivity contribution in [2.75, 3.05) is 13.0 Å². The van der Waals surface area contributed by atoms with E-state index in [1.807, 2.05) is 12.1 Å². The van der Waals surface area contributed by atoms with Gasteiger partial charge in [0.1, 0.15) is 5.75 Å². The first-order valence-electron chi connectivity index (χ1n) is 5.89. The van der Waals surface area contributed by atoms with Crippen LogP contribution in [0.5, 0.6) is 5.75 Å². The molecule has 0 unspecified atom stereocenters. The zero-order valence-electron chi connectivity index (χ0n) is 10.4. The summed E-state index contributed by atoms with van der Waals surface area (Å²) in [5.41, 5.74) is 1.46. The van der Waals surface area contributed by atoms with E-state index in [2.05, 4.69) is 26.0 Å². The molecule has 0 aliphatic carbocycles. The third kappa shape index (κ3) is 2.91. The molecule has 1 rings (SSSR count). The van der Waals surface area contributed by atoms with E-state index in [4.69, 9.17) is 16.3 Å².